The van der Waals surface area contributed by atoms with E-state index in [2.05, 4.69) is 10.1 Å². The van der Waals surface area contributed by atoms with Crippen LogP contribution in [0.2, 0.25) is 0 Å². The van der Waals surface area contributed by atoms with Gasteiger partial charge in [-0.25, -0.2) is 9.18 Å². The number of hydrogen-bond acceptors (Lipinski definition) is 4. The first kappa shape index (κ1) is 14.6. The average Bonchev–Trinajstić information content (AvgIpc) is 2.86. The van der Waals surface area contributed by atoms with Gasteiger partial charge in [0.25, 0.3) is 0 Å². The number of aliphatic hydroxyl groups excluding tert-OH is 1. The number of nitrogens with zero attached hydrogens (tertiary/aromatic N) is 1. The molecule has 1 aliphatic rings. The molecule has 1 fully saturated rings. The topological polar surface area (TPSA) is 61.8 Å². The number of rotatable bonds is 3. The minimum Gasteiger partial charge on any atom is -0.453 e. The van der Waals surface area contributed by atoms with Gasteiger partial charge < -0.3 is 20.1 Å². The molecule has 0 spiro atoms. The molecule has 1 unspecified atom stereocenters. The summed E-state index contributed by atoms with van der Waals surface area (Å²) >= 11 is 0. The zero-order valence-corrected chi connectivity index (χ0v) is 11.6. The molecule has 1 aromatic carbocycles. The summed E-state index contributed by atoms with van der Waals surface area (Å²) in [6.07, 6.45) is -0.417. The van der Waals surface area contributed by atoms with Crippen LogP contribution in [0.4, 0.5) is 14.9 Å². The number of alkyl carbamates (subject to hydrolysis) is 1. The quantitative estimate of drug-likeness (QED) is 0.887. The molecule has 0 bridgehead atoms. The van der Waals surface area contributed by atoms with Crippen molar-refractivity contribution in [1.82, 2.24) is 5.32 Å². The Balaban J connectivity index is 2.04. The van der Waals surface area contributed by atoms with Gasteiger partial charge in [-0.15, -0.1) is 0 Å². The Hall–Kier alpha value is -1.82. The number of ether oxygens (including phenoxy) is 1. The highest BCUT2D eigenvalue weighted by molar-refractivity contribution is 5.67. The number of hydrogen-bond donors (Lipinski definition) is 2. The molecule has 0 aromatic heterocycles. The van der Waals surface area contributed by atoms with Crippen molar-refractivity contribution in [2.24, 2.45) is 0 Å². The van der Waals surface area contributed by atoms with E-state index >= 15 is 0 Å². The van der Waals surface area contributed by atoms with Crippen LogP contribution in [0.25, 0.3) is 0 Å². The lowest BCUT2D eigenvalue weighted by Crippen LogP contribution is -2.37. The number of carbonyl (C=O) groups excluding carboxylic acids is 1. The predicted molar refractivity (Wildman–Crippen MR) is 73.2 cm³/mol. The summed E-state index contributed by atoms with van der Waals surface area (Å²) < 4.78 is 18.6. The zero-order valence-electron chi connectivity index (χ0n) is 11.6. The third kappa shape index (κ3) is 3.19. The molecule has 2 rings (SSSR count). The summed E-state index contributed by atoms with van der Waals surface area (Å²) in [6, 6.07) is 4.68. The van der Waals surface area contributed by atoms with Crippen LogP contribution in [0.3, 0.4) is 0 Å². The summed E-state index contributed by atoms with van der Waals surface area (Å²) in [7, 11) is 1.32. The lowest BCUT2D eigenvalue weighted by molar-refractivity contribution is 0.167. The SMILES string of the molecule is COC(=O)NC1CCN(c2ccc([C@@H](C)O)cc2F)C1. The number of methoxy groups -OCH3 is 1. The highest BCUT2D eigenvalue weighted by Crippen LogP contribution is 2.26. The minimum atomic E-state index is -0.689. The number of carbonyl (C=O) groups is 1. The van der Waals surface area contributed by atoms with Crippen LogP contribution < -0.4 is 10.2 Å². The van der Waals surface area contributed by atoms with E-state index in [0.29, 0.717) is 24.3 Å². The van der Waals surface area contributed by atoms with Crippen molar-refractivity contribution in [2.75, 3.05) is 25.1 Å². The van der Waals surface area contributed by atoms with Crippen molar-refractivity contribution in [3.8, 4) is 0 Å². The number of halogens is 1. The van der Waals surface area contributed by atoms with Crippen LogP contribution in [0.15, 0.2) is 18.2 Å². The van der Waals surface area contributed by atoms with Gasteiger partial charge in [-0.05, 0) is 31.0 Å². The molecule has 1 aliphatic heterocycles. The Morgan fingerprint density at radius 2 is 2.35 bits per heavy atom. The Bertz CT molecular complexity index is 493. The van der Waals surface area contributed by atoms with Gasteiger partial charge in [0.15, 0.2) is 0 Å². The van der Waals surface area contributed by atoms with E-state index < -0.39 is 12.2 Å². The molecule has 1 aromatic rings. The molecule has 2 N–H and O–H groups in total. The summed E-state index contributed by atoms with van der Waals surface area (Å²) in [6.45, 7) is 2.81. The Labute approximate surface area is 117 Å². The second kappa shape index (κ2) is 6.09. The first-order valence-electron chi connectivity index (χ1n) is 6.58. The lowest BCUT2D eigenvalue weighted by Gasteiger charge is -2.20. The van der Waals surface area contributed by atoms with Gasteiger partial charge in [-0.2, -0.15) is 0 Å². The number of nitrogens with one attached hydrogen (secondary N) is 1. The van der Waals surface area contributed by atoms with E-state index in [4.69, 9.17) is 0 Å². The summed E-state index contributed by atoms with van der Waals surface area (Å²) in [5.74, 6) is -0.359. The number of anilines is 1. The average molecular weight is 282 g/mol. The van der Waals surface area contributed by atoms with Crippen LogP contribution in [0.5, 0.6) is 0 Å². The van der Waals surface area contributed by atoms with E-state index in [1.54, 1.807) is 19.1 Å². The number of benzene rings is 1. The first-order valence-corrected chi connectivity index (χ1v) is 6.58. The van der Waals surface area contributed by atoms with Crippen LogP contribution in [0.1, 0.15) is 25.0 Å². The molecule has 1 amide bonds. The lowest BCUT2D eigenvalue weighted by atomic mass is 10.1. The number of aliphatic hydroxyl groups is 1. The highest BCUT2D eigenvalue weighted by atomic mass is 19.1. The zero-order chi connectivity index (χ0) is 14.7. The fourth-order valence-corrected chi connectivity index (χ4v) is 2.36. The van der Waals surface area contributed by atoms with Gasteiger partial charge in [-0.1, -0.05) is 6.07 Å². The van der Waals surface area contributed by atoms with Crippen LogP contribution in [-0.2, 0) is 4.74 Å². The number of amides is 1. The van der Waals surface area contributed by atoms with Crippen molar-refractivity contribution < 1.29 is 19.0 Å². The van der Waals surface area contributed by atoms with E-state index in [0.717, 1.165) is 6.42 Å². The molecule has 0 aliphatic carbocycles. The molecule has 0 saturated carbocycles. The maximum Gasteiger partial charge on any atom is 0.407 e. The van der Waals surface area contributed by atoms with E-state index in [1.807, 2.05) is 4.90 Å². The van der Waals surface area contributed by atoms with Crippen molar-refractivity contribution in [3.05, 3.63) is 29.6 Å². The second-order valence-electron chi connectivity index (χ2n) is 4.95. The van der Waals surface area contributed by atoms with Gasteiger partial charge in [0.05, 0.1) is 24.9 Å². The Kier molecular flexibility index (Phi) is 4.44. The van der Waals surface area contributed by atoms with Crippen LogP contribution >= 0.6 is 0 Å². The Morgan fingerprint density at radius 1 is 1.60 bits per heavy atom. The van der Waals surface area contributed by atoms with Gasteiger partial charge in [0.1, 0.15) is 5.82 Å². The normalized spacial score (nSPS) is 19.8. The van der Waals surface area contributed by atoms with E-state index in [9.17, 15) is 14.3 Å². The fraction of sp³-hybridized carbons (Fsp3) is 0.500. The smallest absolute Gasteiger partial charge is 0.407 e. The summed E-state index contributed by atoms with van der Waals surface area (Å²) in [5.41, 5.74) is 1.04. The fourth-order valence-electron chi connectivity index (χ4n) is 2.36. The molecule has 2 atom stereocenters. The van der Waals surface area contributed by atoms with Crippen LogP contribution in [0, 0.1) is 5.82 Å². The molecular formula is C14H19FN2O3. The van der Waals surface area contributed by atoms with Gasteiger partial charge in [-0.3, -0.25) is 0 Å². The van der Waals surface area contributed by atoms with Crippen LogP contribution in [-0.4, -0.2) is 37.4 Å². The largest absolute Gasteiger partial charge is 0.453 e. The first-order chi connectivity index (χ1) is 9.51. The monoisotopic (exact) mass is 282 g/mol. The Morgan fingerprint density at radius 3 is 2.95 bits per heavy atom. The molecule has 1 heterocycles. The molecular weight excluding hydrogens is 263 g/mol. The second-order valence-corrected chi connectivity index (χ2v) is 4.95. The third-order valence-corrected chi connectivity index (χ3v) is 3.49. The van der Waals surface area contributed by atoms with Gasteiger partial charge in [0.2, 0.25) is 0 Å². The third-order valence-electron chi connectivity index (χ3n) is 3.49. The summed E-state index contributed by atoms with van der Waals surface area (Å²) in [4.78, 5) is 13.0. The van der Waals surface area contributed by atoms with Gasteiger partial charge >= 0.3 is 6.09 Å². The summed E-state index contributed by atoms with van der Waals surface area (Å²) in [5, 5.41) is 12.1. The highest BCUT2D eigenvalue weighted by Gasteiger charge is 2.26. The van der Waals surface area contributed by atoms with Crippen molar-refractivity contribution in [3.63, 3.8) is 0 Å². The van der Waals surface area contributed by atoms with E-state index in [-0.39, 0.29) is 11.9 Å². The van der Waals surface area contributed by atoms with Crippen molar-refractivity contribution >= 4 is 11.8 Å². The standard InChI is InChI=1S/C14H19FN2O3/c1-9(18)10-3-4-13(12(15)7-10)17-6-5-11(8-17)16-14(19)20-2/h3-4,7,9,11,18H,5-6,8H2,1-2H3,(H,16,19)/t9-,11?/m1/s1. The van der Waals surface area contributed by atoms with Crippen molar-refractivity contribution in [1.29, 1.82) is 0 Å². The molecule has 20 heavy (non-hydrogen) atoms. The molecule has 6 heteroatoms. The minimum absolute atomic E-state index is 0.0432. The molecule has 110 valence electrons. The molecule has 5 nitrogen and oxygen atoms in total. The maximum atomic E-state index is 14.1. The van der Waals surface area contributed by atoms with E-state index in [1.165, 1.54) is 13.2 Å². The molecule has 1 saturated heterocycles. The molecule has 0 radical (unpaired) electrons. The van der Waals surface area contributed by atoms with Crippen molar-refractivity contribution in [2.45, 2.75) is 25.5 Å². The van der Waals surface area contributed by atoms with Gasteiger partial charge in [0, 0.05) is 13.1 Å². The maximum absolute atomic E-state index is 14.1. The predicted octanol–water partition coefficient (Wildman–Crippen LogP) is 1.81.